The number of hydrogen-bond donors (Lipinski definition) is 3. The summed E-state index contributed by atoms with van der Waals surface area (Å²) in [6.07, 6.45) is 4.29. The van der Waals surface area contributed by atoms with Crippen molar-refractivity contribution in [1.29, 1.82) is 5.26 Å². The zero-order chi connectivity index (χ0) is 24.7. The van der Waals surface area contributed by atoms with Gasteiger partial charge in [-0.1, -0.05) is 31.5 Å². The zero-order valence-corrected chi connectivity index (χ0v) is 20.4. The lowest BCUT2D eigenvalue weighted by Gasteiger charge is -2.37. The van der Waals surface area contributed by atoms with Gasteiger partial charge in [0, 0.05) is 18.3 Å². The molecule has 184 valence electrons. The van der Waals surface area contributed by atoms with E-state index in [1.807, 2.05) is 18.2 Å². The van der Waals surface area contributed by atoms with E-state index in [1.54, 1.807) is 12.1 Å². The quantitative estimate of drug-likeness (QED) is 0.440. The molecule has 2 aromatic carbocycles. The van der Waals surface area contributed by atoms with Crippen LogP contribution in [0.5, 0.6) is 0 Å². The van der Waals surface area contributed by atoms with Crippen molar-refractivity contribution in [1.82, 2.24) is 0 Å². The molecule has 0 aromatic heterocycles. The smallest absolute Gasteiger partial charge is 0.188 e. The number of hydrogen-bond acceptors (Lipinski definition) is 7. The fraction of sp³-hybridized carbons (Fsp3) is 0.500. The number of aliphatic hydroxyl groups excluding tert-OH is 3. The van der Waals surface area contributed by atoms with Gasteiger partial charge in [-0.3, -0.25) is 0 Å². The molecule has 8 heteroatoms. The second-order valence-electron chi connectivity index (χ2n) is 8.97. The summed E-state index contributed by atoms with van der Waals surface area (Å²) in [5.41, 5.74) is 1.80. The number of allylic oxidation sites excluding steroid dienone is 1. The molecule has 3 atom stereocenters. The Morgan fingerprint density at radius 3 is 2.62 bits per heavy atom. The molecule has 1 saturated heterocycles. The van der Waals surface area contributed by atoms with E-state index in [0.717, 1.165) is 23.7 Å². The predicted octanol–water partition coefficient (Wildman–Crippen LogP) is 3.38. The van der Waals surface area contributed by atoms with Crippen molar-refractivity contribution in [3.8, 4) is 6.07 Å². The Bertz CT molecular complexity index is 1150. The molecular weight excluding hydrogens is 452 g/mol. The third-order valence-corrected chi connectivity index (χ3v) is 8.14. The Kier molecular flexibility index (Phi) is 9.09. The van der Waals surface area contributed by atoms with Crippen LogP contribution in [0.4, 0.5) is 5.69 Å². The minimum atomic E-state index is -3.95. The lowest BCUT2D eigenvalue weighted by molar-refractivity contribution is -0.0148. The Morgan fingerprint density at radius 2 is 1.91 bits per heavy atom. The largest absolute Gasteiger partial charge is 0.394 e. The Morgan fingerprint density at radius 1 is 1.18 bits per heavy atom. The number of aliphatic hydroxyl groups is 3. The molecular formula is C26H34N2O5S. The summed E-state index contributed by atoms with van der Waals surface area (Å²) >= 11 is 0. The van der Waals surface area contributed by atoms with Crippen LogP contribution in [0.1, 0.15) is 51.0 Å². The van der Waals surface area contributed by atoms with E-state index in [4.69, 9.17) is 5.11 Å². The summed E-state index contributed by atoms with van der Waals surface area (Å²) in [7, 11) is -3.95. The number of sulfone groups is 1. The third kappa shape index (κ3) is 6.36. The summed E-state index contributed by atoms with van der Waals surface area (Å²) in [6.45, 7) is 2.61. The van der Waals surface area contributed by atoms with Crippen molar-refractivity contribution in [2.45, 2.75) is 63.7 Å². The van der Waals surface area contributed by atoms with Crippen molar-refractivity contribution in [2.24, 2.45) is 0 Å². The fourth-order valence-electron chi connectivity index (χ4n) is 4.54. The number of piperidine rings is 1. The molecule has 3 N–H and O–H groups in total. The van der Waals surface area contributed by atoms with Crippen molar-refractivity contribution in [2.75, 3.05) is 23.8 Å². The maximum absolute atomic E-state index is 12.6. The topological polar surface area (TPSA) is 122 Å². The number of benzene rings is 2. The summed E-state index contributed by atoms with van der Waals surface area (Å²) in [4.78, 5) is 2.10. The summed E-state index contributed by atoms with van der Waals surface area (Å²) in [5, 5.41) is 39.5. The second kappa shape index (κ2) is 11.8. The average molecular weight is 487 g/mol. The molecule has 3 rings (SSSR count). The molecule has 1 aliphatic heterocycles. The normalized spacial score (nSPS) is 19.1. The van der Waals surface area contributed by atoms with Crippen LogP contribution in [0.3, 0.4) is 0 Å². The van der Waals surface area contributed by atoms with E-state index >= 15 is 0 Å². The van der Waals surface area contributed by atoms with Crippen LogP contribution in [0.15, 0.2) is 41.3 Å². The first-order valence-electron chi connectivity index (χ1n) is 11.9. The van der Waals surface area contributed by atoms with Gasteiger partial charge in [-0.05, 0) is 72.7 Å². The van der Waals surface area contributed by atoms with E-state index in [9.17, 15) is 23.9 Å². The van der Waals surface area contributed by atoms with Crippen LogP contribution in [-0.4, -0.2) is 60.9 Å². The number of nitriles is 1. The molecule has 7 nitrogen and oxygen atoms in total. The average Bonchev–Trinajstić information content (AvgIpc) is 2.85. The van der Waals surface area contributed by atoms with Gasteiger partial charge in [0.25, 0.3) is 0 Å². The van der Waals surface area contributed by atoms with E-state index < -0.39 is 39.3 Å². The van der Waals surface area contributed by atoms with Gasteiger partial charge in [-0.15, -0.1) is 0 Å². The monoisotopic (exact) mass is 486 g/mol. The van der Waals surface area contributed by atoms with Gasteiger partial charge in [-0.2, -0.15) is 5.26 Å². The molecule has 0 aliphatic carbocycles. The van der Waals surface area contributed by atoms with Crippen LogP contribution >= 0.6 is 0 Å². The Hall–Kier alpha value is -2.44. The van der Waals surface area contributed by atoms with Crippen LogP contribution in [-0.2, 0) is 9.84 Å². The van der Waals surface area contributed by atoms with Crippen molar-refractivity contribution >= 4 is 32.4 Å². The molecule has 0 bridgehead atoms. The molecule has 0 spiro atoms. The molecule has 1 heterocycles. The number of rotatable bonds is 10. The second-order valence-corrected chi connectivity index (χ2v) is 11.0. The minimum absolute atomic E-state index is 0.279. The van der Waals surface area contributed by atoms with Crippen LogP contribution < -0.4 is 4.90 Å². The Balaban J connectivity index is 1.81. The first-order valence-corrected chi connectivity index (χ1v) is 13.6. The lowest BCUT2D eigenvalue weighted by atomic mass is 9.96. The highest BCUT2D eigenvalue weighted by atomic mass is 32.2. The highest BCUT2D eigenvalue weighted by Gasteiger charge is 2.24. The fourth-order valence-corrected chi connectivity index (χ4v) is 5.76. The number of anilines is 1. The van der Waals surface area contributed by atoms with Crippen LogP contribution in [0.2, 0.25) is 0 Å². The van der Waals surface area contributed by atoms with Gasteiger partial charge in [0.05, 0.1) is 18.5 Å². The summed E-state index contributed by atoms with van der Waals surface area (Å²) in [6, 6.07) is 14.2. The third-order valence-electron chi connectivity index (χ3n) is 6.49. The molecule has 0 amide bonds. The van der Waals surface area contributed by atoms with E-state index in [2.05, 4.69) is 24.0 Å². The predicted molar refractivity (Wildman–Crippen MR) is 135 cm³/mol. The minimum Gasteiger partial charge on any atom is -0.394 e. The van der Waals surface area contributed by atoms with Gasteiger partial charge >= 0.3 is 0 Å². The SMILES string of the molecule is CCCC1CCCCN1c1ccc2cc(/C=C(\C#N)S(=O)(=O)CCC(O)C(O)CO)ccc2c1. The molecule has 0 saturated carbocycles. The maximum atomic E-state index is 12.6. The van der Waals surface area contributed by atoms with Crippen LogP contribution in [0, 0.1) is 11.3 Å². The molecule has 34 heavy (non-hydrogen) atoms. The van der Waals surface area contributed by atoms with Crippen molar-refractivity contribution < 1.29 is 23.7 Å². The summed E-state index contributed by atoms with van der Waals surface area (Å²) < 4.78 is 25.2. The highest BCUT2D eigenvalue weighted by molar-refractivity contribution is 7.95. The first kappa shape index (κ1) is 26.2. The van der Waals surface area contributed by atoms with E-state index in [-0.39, 0.29) is 6.42 Å². The first-order chi connectivity index (χ1) is 16.3. The molecule has 1 fully saturated rings. The Labute approximate surface area is 201 Å². The molecule has 2 aromatic rings. The lowest BCUT2D eigenvalue weighted by Crippen LogP contribution is -2.39. The summed E-state index contributed by atoms with van der Waals surface area (Å²) in [5.74, 6) is -0.504. The number of nitrogens with zero attached hydrogens (tertiary/aromatic N) is 2. The number of fused-ring (bicyclic) bond motifs is 1. The standard InChI is InChI=1S/C26H34N2O5S/c1-2-5-22-6-3-4-12-28(22)23-10-9-20-14-19(7-8-21(20)16-23)15-24(17-27)34(32,33)13-11-25(30)26(31)18-29/h7-10,14-16,22,25-26,29-31H,2-6,11-13,18H2,1H3/b24-15+. The van der Waals surface area contributed by atoms with Crippen LogP contribution in [0.25, 0.3) is 16.8 Å². The van der Waals surface area contributed by atoms with Crippen molar-refractivity contribution in [3.63, 3.8) is 0 Å². The van der Waals surface area contributed by atoms with Gasteiger partial charge < -0.3 is 20.2 Å². The van der Waals surface area contributed by atoms with Gasteiger partial charge in [0.2, 0.25) is 0 Å². The molecule has 0 radical (unpaired) electrons. The van der Waals surface area contributed by atoms with E-state index in [0.29, 0.717) is 11.6 Å². The van der Waals surface area contributed by atoms with Gasteiger partial charge in [-0.25, -0.2) is 8.42 Å². The highest BCUT2D eigenvalue weighted by Crippen LogP contribution is 2.30. The zero-order valence-electron chi connectivity index (χ0n) is 19.6. The maximum Gasteiger partial charge on any atom is 0.188 e. The van der Waals surface area contributed by atoms with Gasteiger partial charge in [0.15, 0.2) is 9.84 Å². The molecule has 1 aliphatic rings. The van der Waals surface area contributed by atoms with E-state index in [1.165, 1.54) is 37.4 Å². The van der Waals surface area contributed by atoms with Crippen molar-refractivity contribution in [3.05, 3.63) is 46.9 Å². The molecule has 3 unspecified atom stereocenters. The van der Waals surface area contributed by atoms with Gasteiger partial charge in [0.1, 0.15) is 17.1 Å².